The fourth-order valence-electron chi connectivity index (χ4n) is 0.940. The Morgan fingerprint density at radius 1 is 1.23 bits per heavy atom. The smallest absolute Gasteiger partial charge is 0.0118 e. The molecular weight excluding hydrogens is 176 g/mol. The number of hydrogen-bond acceptors (Lipinski definition) is 1. The van der Waals surface area contributed by atoms with Crippen LogP contribution in [0.1, 0.15) is 13.8 Å². The molecule has 0 N–H and O–H groups in total. The second kappa shape index (κ2) is 5.65. The first kappa shape index (κ1) is 10.1. The molecule has 0 fully saturated rings. The third-order valence-electron chi connectivity index (χ3n) is 1.55. The first-order valence-corrected chi connectivity index (χ1v) is 5.17. The van der Waals surface area contributed by atoms with E-state index < -0.39 is 0 Å². The highest BCUT2D eigenvalue weighted by molar-refractivity contribution is 8.03. The van der Waals surface area contributed by atoms with E-state index in [1.807, 2.05) is 19.1 Å². The van der Waals surface area contributed by atoms with Crippen LogP contribution in [0.5, 0.6) is 0 Å². The van der Waals surface area contributed by atoms with E-state index in [1.165, 1.54) is 9.80 Å². The van der Waals surface area contributed by atoms with Crippen molar-refractivity contribution in [3.8, 4) is 0 Å². The SMILES string of the molecule is C/C=C\C=C(/C)Sc1ccccc1. The van der Waals surface area contributed by atoms with E-state index in [-0.39, 0.29) is 0 Å². The van der Waals surface area contributed by atoms with E-state index in [4.69, 9.17) is 0 Å². The molecule has 13 heavy (non-hydrogen) atoms. The maximum absolute atomic E-state index is 2.12. The molecule has 0 aliphatic carbocycles. The van der Waals surface area contributed by atoms with Crippen molar-refractivity contribution in [2.45, 2.75) is 18.7 Å². The highest BCUT2D eigenvalue weighted by Gasteiger charge is 1.91. The Morgan fingerprint density at radius 2 is 1.92 bits per heavy atom. The quantitative estimate of drug-likeness (QED) is 0.507. The summed E-state index contributed by atoms with van der Waals surface area (Å²) in [7, 11) is 0. The van der Waals surface area contributed by atoms with E-state index >= 15 is 0 Å². The topological polar surface area (TPSA) is 0 Å². The molecule has 0 aliphatic heterocycles. The Morgan fingerprint density at radius 3 is 2.54 bits per heavy atom. The van der Waals surface area contributed by atoms with Gasteiger partial charge in [-0.05, 0) is 30.9 Å². The molecule has 0 aromatic heterocycles. The van der Waals surface area contributed by atoms with Crippen LogP contribution in [0.3, 0.4) is 0 Å². The molecule has 1 heteroatoms. The molecule has 0 aliphatic rings. The minimum absolute atomic E-state index is 1.29. The molecule has 1 rings (SSSR count). The Hall–Kier alpha value is -0.950. The van der Waals surface area contributed by atoms with Crippen molar-refractivity contribution in [3.05, 3.63) is 53.5 Å². The summed E-state index contributed by atoms with van der Waals surface area (Å²) >= 11 is 1.79. The third-order valence-corrected chi connectivity index (χ3v) is 2.51. The van der Waals surface area contributed by atoms with Crippen LogP contribution in [0.4, 0.5) is 0 Å². The van der Waals surface area contributed by atoms with E-state index in [9.17, 15) is 0 Å². The Kier molecular flexibility index (Phi) is 4.41. The lowest BCUT2D eigenvalue weighted by Crippen LogP contribution is -1.69. The summed E-state index contributed by atoms with van der Waals surface area (Å²) < 4.78 is 0. The van der Waals surface area contributed by atoms with Gasteiger partial charge in [-0.3, -0.25) is 0 Å². The average molecular weight is 190 g/mol. The van der Waals surface area contributed by atoms with E-state index in [2.05, 4.69) is 43.3 Å². The van der Waals surface area contributed by atoms with Gasteiger partial charge in [0.1, 0.15) is 0 Å². The molecular formula is C12H14S. The predicted molar refractivity (Wildman–Crippen MR) is 60.9 cm³/mol. The Bertz CT molecular complexity index is 296. The highest BCUT2D eigenvalue weighted by atomic mass is 32.2. The maximum Gasteiger partial charge on any atom is 0.0118 e. The van der Waals surface area contributed by atoms with Crippen molar-refractivity contribution >= 4 is 11.8 Å². The number of allylic oxidation sites excluding steroid dienone is 4. The number of rotatable bonds is 3. The zero-order valence-electron chi connectivity index (χ0n) is 8.03. The van der Waals surface area contributed by atoms with Crippen LogP contribution in [0.15, 0.2) is 58.4 Å². The molecule has 0 saturated carbocycles. The van der Waals surface area contributed by atoms with Gasteiger partial charge < -0.3 is 0 Å². The first-order valence-electron chi connectivity index (χ1n) is 4.35. The third kappa shape index (κ3) is 4.00. The average Bonchev–Trinajstić information content (AvgIpc) is 2.16. The maximum atomic E-state index is 2.12. The highest BCUT2D eigenvalue weighted by Crippen LogP contribution is 2.25. The van der Waals surface area contributed by atoms with E-state index in [1.54, 1.807) is 11.8 Å². The predicted octanol–water partition coefficient (Wildman–Crippen LogP) is 4.26. The van der Waals surface area contributed by atoms with Crippen LogP contribution in [0.2, 0.25) is 0 Å². The molecule has 0 amide bonds. The monoisotopic (exact) mass is 190 g/mol. The summed E-state index contributed by atoms with van der Waals surface area (Å²) in [5.41, 5.74) is 0. The van der Waals surface area contributed by atoms with Crippen LogP contribution in [0.25, 0.3) is 0 Å². The zero-order chi connectivity index (χ0) is 9.52. The van der Waals surface area contributed by atoms with E-state index in [0.29, 0.717) is 0 Å². The van der Waals surface area contributed by atoms with E-state index in [0.717, 1.165) is 0 Å². The number of hydrogen-bond donors (Lipinski definition) is 0. The Labute approximate surface area is 84.4 Å². The lowest BCUT2D eigenvalue weighted by Gasteiger charge is -1.98. The number of thioether (sulfide) groups is 1. The minimum atomic E-state index is 1.29. The van der Waals surface area contributed by atoms with Gasteiger partial charge in [0, 0.05) is 4.90 Å². The van der Waals surface area contributed by atoms with Crippen LogP contribution in [0, 0.1) is 0 Å². The zero-order valence-corrected chi connectivity index (χ0v) is 8.84. The standard InChI is InChI=1S/C12H14S/c1-3-4-8-11(2)13-12-9-6-5-7-10-12/h3-10H,1-2H3/b4-3-,11-8+. The van der Waals surface area contributed by atoms with Crippen LogP contribution in [-0.2, 0) is 0 Å². The van der Waals surface area contributed by atoms with Gasteiger partial charge in [0.15, 0.2) is 0 Å². The normalized spacial score (nSPS) is 12.3. The molecule has 1 aromatic rings. The molecule has 0 atom stereocenters. The minimum Gasteiger partial charge on any atom is -0.0949 e. The number of benzene rings is 1. The van der Waals surface area contributed by atoms with Gasteiger partial charge in [0.05, 0.1) is 0 Å². The second-order valence-corrected chi connectivity index (χ2v) is 4.04. The second-order valence-electron chi connectivity index (χ2n) is 2.72. The van der Waals surface area contributed by atoms with Crippen LogP contribution in [-0.4, -0.2) is 0 Å². The lowest BCUT2D eigenvalue weighted by molar-refractivity contribution is 1.46. The summed E-state index contributed by atoms with van der Waals surface area (Å²) in [5, 5.41) is 0. The van der Waals surface area contributed by atoms with Gasteiger partial charge in [-0.2, -0.15) is 0 Å². The summed E-state index contributed by atoms with van der Waals surface area (Å²) in [6, 6.07) is 10.4. The lowest BCUT2D eigenvalue weighted by atomic mass is 10.4. The van der Waals surface area contributed by atoms with Gasteiger partial charge in [0.25, 0.3) is 0 Å². The molecule has 0 saturated heterocycles. The van der Waals surface area contributed by atoms with Crippen molar-refractivity contribution in [1.82, 2.24) is 0 Å². The van der Waals surface area contributed by atoms with Gasteiger partial charge in [-0.15, -0.1) is 0 Å². The van der Waals surface area contributed by atoms with Crippen molar-refractivity contribution in [2.75, 3.05) is 0 Å². The fraction of sp³-hybridized carbons (Fsp3) is 0.167. The van der Waals surface area contributed by atoms with Crippen molar-refractivity contribution in [1.29, 1.82) is 0 Å². The summed E-state index contributed by atoms with van der Waals surface area (Å²) in [5.74, 6) is 0. The van der Waals surface area contributed by atoms with Crippen LogP contribution >= 0.6 is 11.8 Å². The van der Waals surface area contributed by atoms with Gasteiger partial charge in [-0.25, -0.2) is 0 Å². The molecule has 0 heterocycles. The van der Waals surface area contributed by atoms with Crippen molar-refractivity contribution < 1.29 is 0 Å². The summed E-state index contributed by atoms with van der Waals surface area (Å²) in [6.07, 6.45) is 6.22. The summed E-state index contributed by atoms with van der Waals surface area (Å²) in [6.45, 7) is 4.15. The molecule has 0 bridgehead atoms. The van der Waals surface area contributed by atoms with Gasteiger partial charge >= 0.3 is 0 Å². The van der Waals surface area contributed by atoms with Gasteiger partial charge in [-0.1, -0.05) is 48.2 Å². The molecule has 0 spiro atoms. The molecule has 0 radical (unpaired) electrons. The van der Waals surface area contributed by atoms with Crippen molar-refractivity contribution in [2.24, 2.45) is 0 Å². The fourth-order valence-corrected chi connectivity index (χ4v) is 1.75. The van der Waals surface area contributed by atoms with Gasteiger partial charge in [0.2, 0.25) is 0 Å². The van der Waals surface area contributed by atoms with Crippen molar-refractivity contribution in [3.63, 3.8) is 0 Å². The largest absolute Gasteiger partial charge is 0.0949 e. The van der Waals surface area contributed by atoms with Crippen LogP contribution < -0.4 is 0 Å². The molecule has 0 unspecified atom stereocenters. The first-order chi connectivity index (χ1) is 6.33. The molecule has 0 nitrogen and oxygen atoms in total. The molecule has 68 valence electrons. The molecule has 1 aromatic carbocycles. The summed E-state index contributed by atoms with van der Waals surface area (Å²) in [4.78, 5) is 2.60. The Balaban J connectivity index is 2.60.